The van der Waals surface area contributed by atoms with Gasteiger partial charge in [0, 0.05) is 15.6 Å². The summed E-state index contributed by atoms with van der Waals surface area (Å²) in [6.07, 6.45) is -0.769. The van der Waals surface area contributed by atoms with Crippen LogP contribution in [-0.2, 0) is 0 Å². The molecule has 3 aromatic carbocycles. The van der Waals surface area contributed by atoms with Crippen molar-refractivity contribution in [3.05, 3.63) is 94.0 Å². The molecule has 0 heterocycles. The Hall–Kier alpha value is -1.80. The molecule has 3 heteroatoms. The Labute approximate surface area is 139 Å². The lowest BCUT2D eigenvalue weighted by Crippen LogP contribution is -2.00. The monoisotopic (exact) mass is 328 g/mol. The summed E-state index contributed by atoms with van der Waals surface area (Å²) in [6, 6.07) is 23.1. The van der Waals surface area contributed by atoms with Crippen molar-refractivity contribution in [3.8, 4) is 11.1 Å². The van der Waals surface area contributed by atoms with Gasteiger partial charge in [0.25, 0.3) is 0 Å². The van der Waals surface area contributed by atoms with Crippen LogP contribution in [-0.4, -0.2) is 5.11 Å². The van der Waals surface area contributed by atoms with E-state index in [4.69, 9.17) is 23.2 Å². The summed E-state index contributed by atoms with van der Waals surface area (Å²) in [5.74, 6) is 0. The highest BCUT2D eigenvalue weighted by Crippen LogP contribution is 2.31. The number of aliphatic hydroxyl groups is 1. The molecule has 0 amide bonds. The van der Waals surface area contributed by atoms with Crippen LogP contribution in [0.3, 0.4) is 0 Å². The molecule has 0 bridgehead atoms. The number of hydrogen-bond donors (Lipinski definition) is 1. The third-order valence-corrected chi connectivity index (χ3v) is 4.15. The first-order valence-electron chi connectivity index (χ1n) is 6.93. The number of hydrogen-bond acceptors (Lipinski definition) is 1. The van der Waals surface area contributed by atoms with Crippen LogP contribution in [0.1, 0.15) is 17.2 Å². The summed E-state index contributed by atoms with van der Waals surface area (Å²) in [4.78, 5) is 0. The molecule has 0 aliphatic rings. The smallest absolute Gasteiger partial charge is 0.105 e. The van der Waals surface area contributed by atoms with Gasteiger partial charge in [0.05, 0.1) is 0 Å². The highest BCUT2D eigenvalue weighted by molar-refractivity contribution is 6.35. The third-order valence-electron chi connectivity index (χ3n) is 3.59. The lowest BCUT2D eigenvalue weighted by atomic mass is 9.98. The normalized spacial score (nSPS) is 12.1. The Balaban J connectivity index is 1.89. The molecule has 0 saturated carbocycles. The molecule has 0 radical (unpaired) electrons. The zero-order chi connectivity index (χ0) is 15.5. The van der Waals surface area contributed by atoms with Gasteiger partial charge in [-0.15, -0.1) is 0 Å². The fourth-order valence-corrected chi connectivity index (χ4v) is 2.90. The number of halogens is 2. The third kappa shape index (κ3) is 3.17. The van der Waals surface area contributed by atoms with Crippen LogP contribution in [0.2, 0.25) is 10.0 Å². The van der Waals surface area contributed by atoms with Crippen LogP contribution >= 0.6 is 23.2 Å². The van der Waals surface area contributed by atoms with Crippen molar-refractivity contribution in [2.75, 3.05) is 0 Å². The van der Waals surface area contributed by atoms with Crippen molar-refractivity contribution in [1.82, 2.24) is 0 Å². The Morgan fingerprint density at radius 1 is 0.727 bits per heavy atom. The molecule has 0 aliphatic carbocycles. The maximum Gasteiger partial charge on any atom is 0.105 e. The second kappa shape index (κ2) is 6.53. The lowest BCUT2D eigenvalue weighted by molar-refractivity contribution is 0.220. The van der Waals surface area contributed by atoms with Crippen molar-refractivity contribution < 1.29 is 5.11 Å². The van der Waals surface area contributed by atoms with E-state index in [2.05, 4.69) is 12.1 Å². The minimum absolute atomic E-state index is 0.465. The first-order chi connectivity index (χ1) is 10.6. The molecule has 3 aromatic rings. The van der Waals surface area contributed by atoms with E-state index in [1.54, 1.807) is 18.2 Å². The van der Waals surface area contributed by atoms with Crippen molar-refractivity contribution in [2.24, 2.45) is 0 Å². The SMILES string of the molecule is O[C@@H](c1ccc(-c2ccccc2)cc1)c1ccc(Cl)cc1Cl. The Morgan fingerprint density at radius 2 is 1.36 bits per heavy atom. The first kappa shape index (κ1) is 15.1. The Morgan fingerprint density at radius 3 is 2.00 bits per heavy atom. The predicted molar refractivity (Wildman–Crippen MR) is 92.4 cm³/mol. The molecule has 0 saturated heterocycles. The van der Waals surface area contributed by atoms with Gasteiger partial charge < -0.3 is 5.11 Å². The average Bonchev–Trinajstić information content (AvgIpc) is 2.55. The molecule has 22 heavy (non-hydrogen) atoms. The molecular formula is C19H14Cl2O. The van der Waals surface area contributed by atoms with E-state index < -0.39 is 6.10 Å². The predicted octanol–water partition coefficient (Wildman–Crippen LogP) is 5.74. The van der Waals surface area contributed by atoms with Crippen LogP contribution in [0.4, 0.5) is 0 Å². The molecule has 110 valence electrons. The average molecular weight is 329 g/mol. The fourth-order valence-electron chi connectivity index (χ4n) is 2.39. The summed E-state index contributed by atoms with van der Waals surface area (Å²) in [5.41, 5.74) is 3.70. The maximum absolute atomic E-state index is 10.5. The minimum atomic E-state index is -0.769. The van der Waals surface area contributed by atoms with Gasteiger partial charge in [-0.05, 0) is 28.8 Å². The van der Waals surface area contributed by atoms with Crippen LogP contribution in [0.25, 0.3) is 11.1 Å². The van der Waals surface area contributed by atoms with Crippen LogP contribution < -0.4 is 0 Å². The Kier molecular flexibility index (Phi) is 4.49. The Bertz CT molecular complexity index is 767. The van der Waals surface area contributed by atoms with Gasteiger partial charge >= 0.3 is 0 Å². The van der Waals surface area contributed by atoms with Crippen molar-refractivity contribution in [2.45, 2.75) is 6.10 Å². The summed E-state index contributed by atoms with van der Waals surface area (Å²) in [5, 5.41) is 11.5. The van der Waals surface area contributed by atoms with E-state index in [9.17, 15) is 5.11 Å². The summed E-state index contributed by atoms with van der Waals surface area (Å²) < 4.78 is 0. The highest BCUT2D eigenvalue weighted by Gasteiger charge is 2.14. The first-order valence-corrected chi connectivity index (χ1v) is 7.69. The van der Waals surface area contributed by atoms with Gasteiger partial charge in [0.1, 0.15) is 6.10 Å². The van der Waals surface area contributed by atoms with E-state index in [1.165, 1.54) is 0 Å². The van der Waals surface area contributed by atoms with Gasteiger partial charge in [-0.25, -0.2) is 0 Å². The topological polar surface area (TPSA) is 20.2 Å². The zero-order valence-corrected chi connectivity index (χ0v) is 13.2. The molecule has 0 fully saturated rings. The van der Waals surface area contributed by atoms with E-state index in [0.29, 0.717) is 15.6 Å². The van der Waals surface area contributed by atoms with Crippen LogP contribution in [0.5, 0.6) is 0 Å². The van der Waals surface area contributed by atoms with Crippen LogP contribution in [0.15, 0.2) is 72.8 Å². The molecular weight excluding hydrogens is 315 g/mol. The van der Waals surface area contributed by atoms with Gasteiger partial charge in [-0.1, -0.05) is 83.9 Å². The molecule has 0 aromatic heterocycles. The second-order valence-corrected chi connectivity index (χ2v) is 5.90. The van der Waals surface area contributed by atoms with Crippen molar-refractivity contribution in [1.29, 1.82) is 0 Å². The number of benzene rings is 3. The van der Waals surface area contributed by atoms with Crippen LogP contribution in [0, 0.1) is 0 Å². The van der Waals surface area contributed by atoms with Gasteiger partial charge in [-0.2, -0.15) is 0 Å². The van der Waals surface area contributed by atoms with E-state index in [1.807, 2.05) is 42.5 Å². The van der Waals surface area contributed by atoms with Crippen molar-refractivity contribution >= 4 is 23.2 Å². The summed E-state index contributed by atoms with van der Waals surface area (Å²) in [6.45, 7) is 0. The van der Waals surface area contributed by atoms with Gasteiger partial charge in [0.15, 0.2) is 0 Å². The number of rotatable bonds is 3. The molecule has 3 rings (SSSR count). The van der Waals surface area contributed by atoms with E-state index in [0.717, 1.165) is 16.7 Å². The fraction of sp³-hybridized carbons (Fsp3) is 0.0526. The van der Waals surface area contributed by atoms with Crippen molar-refractivity contribution in [3.63, 3.8) is 0 Å². The maximum atomic E-state index is 10.5. The molecule has 1 atom stereocenters. The summed E-state index contributed by atoms with van der Waals surface area (Å²) >= 11 is 12.0. The molecule has 1 N–H and O–H groups in total. The van der Waals surface area contributed by atoms with Gasteiger partial charge in [0.2, 0.25) is 0 Å². The second-order valence-electron chi connectivity index (χ2n) is 5.06. The largest absolute Gasteiger partial charge is 0.384 e. The zero-order valence-electron chi connectivity index (χ0n) is 11.7. The highest BCUT2D eigenvalue weighted by atomic mass is 35.5. The van der Waals surface area contributed by atoms with Gasteiger partial charge in [-0.3, -0.25) is 0 Å². The lowest BCUT2D eigenvalue weighted by Gasteiger charge is -2.14. The van der Waals surface area contributed by atoms with E-state index in [-0.39, 0.29) is 0 Å². The molecule has 0 aliphatic heterocycles. The number of aliphatic hydroxyl groups excluding tert-OH is 1. The minimum Gasteiger partial charge on any atom is -0.384 e. The standard InChI is InChI=1S/C19H14Cl2O/c20-16-10-11-17(18(21)12-16)19(22)15-8-6-14(7-9-15)13-4-2-1-3-5-13/h1-12,19,22H/t19-/m0/s1. The molecule has 1 nitrogen and oxygen atoms in total. The molecule has 0 spiro atoms. The van der Waals surface area contributed by atoms with E-state index >= 15 is 0 Å². The summed E-state index contributed by atoms with van der Waals surface area (Å²) in [7, 11) is 0. The quantitative estimate of drug-likeness (QED) is 0.649. The molecule has 0 unspecified atom stereocenters.